The maximum absolute atomic E-state index is 3.62. The van der Waals surface area contributed by atoms with Crippen LogP contribution in [0.5, 0.6) is 0 Å². The van der Waals surface area contributed by atoms with Crippen LogP contribution < -0.4 is 5.19 Å². The molecule has 0 aliphatic heterocycles. The fourth-order valence-electron chi connectivity index (χ4n) is 1.88. The Morgan fingerprint density at radius 2 is 1.56 bits per heavy atom. The molecule has 0 bridgehead atoms. The second-order valence-corrected chi connectivity index (χ2v) is 4.72. The van der Waals surface area contributed by atoms with Crippen molar-refractivity contribution in [2.75, 3.05) is 0 Å². The van der Waals surface area contributed by atoms with Gasteiger partial charge in [0.2, 0.25) is 0 Å². The van der Waals surface area contributed by atoms with Crippen molar-refractivity contribution in [3.05, 3.63) is 64.7 Å². The highest BCUT2D eigenvalue weighted by Gasteiger charge is 2.04. The normalized spacial score (nSPS) is 10.4. The van der Waals surface area contributed by atoms with Gasteiger partial charge in [0.15, 0.2) is 0 Å². The van der Waals surface area contributed by atoms with Crippen molar-refractivity contribution in [2.45, 2.75) is 20.3 Å². The van der Waals surface area contributed by atoms with Crippen molar-refractivity contribution < 1.29 is 0 Å². The van der Waals surface area contributed by atoms with Crippen LogP contribution in [0.3, 0.4) is 0 Å². The molecule has 0 amide bonds. The van der Waals surface area contributed by atoms with E-state index in [1.54, 1.807) is 0 Å². The monoisotopic (exact) mass is 223 g/mol. The van der Waals surface area contributed by atoms with Gasteiger partial charge in [-0.2, -0.15) is 0 Å². The quantitative estimate of drug-likeness (QED) is 0.687. The van der Waals surface area contributed by atoms with Crippen molar-refractivity contribution in [3.63, 3.8) is 0 Å². The fourth-order valence-corrected chi connectivity index (χ4v) is 2.15. The van der Waals surface area contributed by atoms with Crippen molar-refractivity contribution in [1.29, 1.82) is 0 Å². The lowest BCUT2D eigenvalue weighted by Gasteiger charge is -2.11. The molecule has 0 saturated carbocycles. The summed E-state index contributed by atoms with van der Waals surface area (Å²) in [5.41, 5.74) is 5.50. The molecule has 0 N–H and O–H groups in total. The third-order valence-corrected chi connectivity index (χ3v) is 3.68. The van der Waals surface area contributed by atoms with Gasteiger partial charge in [-0.25, -0.2) is 0 Å². The molecule has 2 aromatic carbocycles. The Hall–Kier alpha value is -1.34. The molecule has 2 rings (SSSR count). The Labute approximate surface area is 101 Å². The largest absolute Gasteiger partial charge is 0.0715 e. The number of hydrogen-bond donors (Lipinski definition) is 0. The van der Waals surface area contributed by atoms with E-state index in [1.807, 2.05) is 0 Å². The zero-order valence-electron chi connectivity index (χ0n) is 9.75. The molecule has 0 aliphatic rings. The molecule has 0 spiro atoms. The van der Waals surface area contributed by atoms with Gasteiger partial charge in [0.25, 0.3) is 0 Å². The van der Waals surface area contributed by atoms with E-state index in [4.69, 9.17) is 0 Å². The van der Waals surface area contributed by atoms with Gasteiger partial charge in [0.1, 0.15) is 0 Å². The minimum Gasteiger partial charge on any atom is -0.0642 e. The van der Waals surface area contributed by atoms with E-state index in [-0.39, 0.29) is 0 Å². The minimum atomic E-state index is 1.01. The molecule has 16 heavy (non-hydrogen) atoms. The van der Waals surface area contributed by atoms with Crippen LogP contribution >= 0.6 is 0 Å². The van der Waals surface area contributed by atoms with E-state index < -0.39 is 0 Å². The van der Waals surface area contributed by atoms with E-state index in [0.717, 1.165) is 6.42 Å². The summed E-state index contributed by atoms with van der Waals surface area (Å²) in [6.45, 7) is 4.35. The third-order valence-electron chi connectivity index (χ3n) is 3.14. The zero-order valence-corrected chi connectivity index (χ0v) is 10.7. The van der Waals surface area contributed by atoms with Gasteiger partial charge >= 0.3 is 0 Å². The first-order chi connectivity index (χ1) is 7.68. The molecule has 0 aromatic heterocycles. The molecule has 79 valence electrons. The van der Waals surface area contributed by atoms with Gasteiger partial charge < -0.3 is 0 Å². The van der Waals surface area contributed by atoms with Crippen LogP contribution in [0.1, 0.15) is 22.3 Å². The summed E-state index contributed by atoms with van der Waals surface area (Å²) >= 11 is 0. The van der Waals surface area contributed by atoms with Crippen LogP contribution in [0.25, 0.3) is 0 Å². The zero-order chi connectivity index (χ0) is 11.5. The summed E-state index contributed by atoms with van der Waals surface area (Å²) in [5.74, 6) is 0. The van der Waals surface area contributed by atoms with Crippen LogP contribution in [0.4, 0.5) is 0 Å². The third kappa shape index (κ3) is 2.25. The summed E-state index contributed by atoms with van der Waals surface area (Å²) < 4.78 is 0. The van der Waals surface area contributed by atoms with Crippen molar-refractivity contribution in [1.82, 2.24) is 0 Å². The molecule has 0 fully saturated rings. The highest BCUT2D eigenvalue weighted by Crippen LogP contribution is 2.15. The highest BCUT2D eigenvalue weighted by molar-refractivity contribution is 6.33. The van der Waals surface area contributed by atoms with Gasteiger partial charge in [-0.05, 0) is 42.5 Å². The lowest BCUT2D eigenvalue weighted by molar-refractivity contribution is 1.14. The first-order valence-electron chi connectivity index (χ1n) is 5.53. The Bertz CT molecular complexity index is 486. The van der Waals surface area contributed by atoms with Crippen LogP contribution in [-0.2, 0) is 6.42 Å². The Balaban J connectivity index is 2.33. The molecule has 3 radical (unpaired) electrons. The van der Waals surface area contributed by atoms with Crippen LogP contribution in [0, 0.1) is 13.8 Å². The Morgan fingerprint density at radius 1 is 0.875 bits per heavy atom. The highest BCUT2D eigenvalue weighted by atomic mass is 28.1. The van der Waals surface area contributed by atoms with Gasteiger partial charge in [0.05, 0.1) is 10.2 Å². The van der Waals surface area contributed by atoms with Crippen LogP contribution in [-0.4, -0.2) is 10.2 Å². The molecule has 0 aliphatic carbocycles. The van der Waals surface area contributed by atoms with E-state index in [2.05, 4.69) is 66.6 Å². The fraction of sp³-hybridized carbons (Fsp3) is 0.200. The molecular formula is C15H15Si. The molecule has 1 heteroatoms. The van der Waals surface area contributed by atoms with Crippen molar-refractivity contribution in [3.8, 4) is 0 Å². The lowest BCUT2D eigenvalue weighted by Crippen LogP contribution is -2.10. The van der Waals surface area contributed by atoms with E-state index in [9.17, 15) is 0 Å². The van der Waals surface area contributed by atoms with Gasteiger partial charge in [-0.15, -0.1) is 0 Å². The average molecular weight is 223 g/mol. The summed E-state index contributed by atoms with van der Waals surface area (Å²) in [4.78, 5) is 0. The molecule has 0 atom stereocenters. The van der Waals surface area contributed by atoms with Crippen LogP contribution in [0.15, 0.2) is 42.5 Å². The second kappa shape index (κ2) is 4.66. The lowest BCUT2D eigenvalue weighted by atomic mass is 9.97. The first kappa shape index (κ1) is 11.2. The van der Waals surface area contributed by atoms with Gasteiger partial charge in [-0.3, -0.25) is 0 Å². The summed E-state index contributed by atoms with van der Waals surface area (Å²) in [6, 6.07) is 14.9. The Morgan fingerprint density at radius 3 is 2.25 bits per heavy atom. The molecular weight excluding hydrogens is 208 g/mol. The summed E-state index contributed by atoms with van der Waals surface area (Å²) in [5, 5.41) is 1.19. The number of benzene rings is 2. The summed E-state index contributed by atoms with van der Waals surface area (Å²) in [6.07, 6.45) is 1.01. The van der Waals surface area contributed by atoms with E-state index in [0.29, 0.717) is 0 Å². The molecule has 2 aromatic rings. The van der Waals surface area contributed by atoms with Gasteiger partial charge in [0, 0.05) is 0 Å². The molecule has 0 unspecified atom stereocenters. The van der Waals surface area contributed by atoms with E-state index >= 15 is 0 Å². The minimum absolute atomic E-state index is 1.01. The predicted molar refractivity (Wildman–Crippen MR) is 70.6 cm³/mol. The van der Waals surface area contributed by atoms with Crippen LogP contribution in [0.2, 0.25) is 0 Å². The molecule has 0 saturated heterocycles. The van der Waals surface area contributed by atoms with Crippen molar-refractivity contribution in [2.24, 2.45) is 0 Å². The van der Waals surface area contributed by atoms with Gasteiger partial charge in [-0.1, -0.05) is 47.7 Å². The molecule has 0 heterocycles. The number of rotatable bonds is 2. The second-order valence-electron chi connectivity index (χ2n) is 4.18. The maximum Gasteiger partial charge on any atom is 0.0715 e. The smallest absolute Gasteiger partial charge is 0.0642 e. The Kier molecular flexibility index (Phi) is 3.25. The first-order valence-corrected chi connectivity index (χ1v) is 6.03. The standard InChI is InChI=1S/C15H15Si/c1-11-12(2)15(16)9-8-14(11)10-13-6-4-3-5-7-13/h3-9H,10H2,1-2H3. The average Bonchev–Trinajstić information content (AvgIpc) is 2.31. The van der Waals surface area contributed by atoms with Crippen molar-refractivity contribution >= 4 is 15.4 Å². The topological polar surface area (TPSA) is 0 Å². The summed E-state index contributed by atoms with van der Waals surface area (Å²) in [7, 11) is 3.62. The SMILES string of the molecule is Cc1c([Si])ccc(Cc2ccccc2)c1C. The van der Waals surface area contributed by atoms with E-state index in [1.165, 1.54) is 27.4 Å². The predicted octanol–water partition coefficient (Wildman–Crippen LogP) is 2.69. The number of hydrogen-bond acceptors (Lipinski definition) is 0. The maximum atomic E-state index is 3.62. The molecule has 0 nitrogen and oxygen atoms in total.